The molecule has 136 valence electrons. The molecule has 0 aromatic heterocycles. The molecule has 0 saturated heterocycles. The number of carbonyl (C=O) groups is 3. The Balaban J connectivity index is 2.11. The number of hydrogen-bond acceptors (Lipinski definition) is 4. The lowest BCUT2D eigenvalue weighted by Gasteiger charge is -2.21. The molecule has 0 fully saturated rings. The van der Waals surface area contributed by atoms with Crippen molar-refractivity contribution in [2.24, 2.45) is 5.92 Å². The Hall–Kier alpha value is -3.02. The van der Waals surface area contributed by atoms with Crippen LogP contribution in [-0.4, -0.2) is 23.7 Å². The normalized spacial score (nSPS) is 11.7. The highest BCUT2D eigenvalue weighted by Gasteiger charge is 2.27. The summed E-state index contributed by atoms with van der Waals surface area (Å²) in [5, 5.41) is 2.52. The Morgan fingerprint density at radius 1 is 1.00 bits per heavy atom. The van der Waals surface area contributed by atoms with E-state index in [2.05, 4.69) is 5.32 Å². The van der Waals surface area contributed by atoms with Gasteiger partial charge in [0.2, 0.25) is 0 Å². The summed E-state index contributed by atoms with van der Waals surface area (Å²) in [4.78, 5) is 36.0. The molecule has 0 aliphatic rings. The molecule has 0 heterocycles. The smallest absolute Gasteiger partial charge is 0.334 e. The minimum atomic E-state index is -0.949. The summed E-state index contributed by atoms with van der Waals surface area (Å²) in [5.74, 6) is -2.13. The molecule has 0 unspecified atom stereocenters. The number of benzene rings is 2. The van der Waals surface area contributed by atoms with Crippen molar-refractivity contribution in [3.8, 4) is 5.75 Å². The standard InChI is InChI=1S/C20H20FNO4/c1-12(2)18(22-19(24)16-6-4-5-7-17(16)21)20(25)26-15-10-8-14(9-11-15)13(3)23/h4-12,18H,1-3H3,(H,22,24)/t18-/m0/s1. The monoisotopic (exact) mass is 357 g/mol. The number of esters is 1. The first-order chi connectivity index (χ1) is 12.3. The van der Waals surface area contributed by atoms with Crippen LogP contribution in [0.15, 0.2) is 48.5 Å². The second kappa shape index (κ2) is 8.38. The van der Waals surface area contributed by atoms with Crippen LogP contribution in [0, 0.1) is 11.7 Å². The van der Waals surface area contributed by atoms with Gasteiger partial charge in [0.25, 0.3) is 5.91 Å². The van der Waals surface area contributed by atoms with E-state index in [4.69, 9.17) is 4.74 Å². The van der Waals surface area contributed by atoms with Crippen molar-refractivity contribution in [2.45, 2.75) is 26.8 Å². The van der Waals surface area contributed by atoms with E-state index in [9.17, 15) is 18.8 Å². The van der Waals surface area contributed by atoms with Crippen LogP contribution in [0.4, 0.5) is 4.39 Å². The van der Waals surface area contributed by atoms with E-state index in [0.29, 0.717) is 5.56 Å². The van der Waals surface area contributed by atoms with Crippen LogP contribution in [0.2, 0.25) is 0 Å². The van der Waals surface area contributed by atoms with E-state index in [1.54, 1.807) is 26.0 Å². The first-order valence-corrected chi connectivity index (χ1v) is 8.17. The Bertz CT molecular complexity index is 815. The molecule has 0 aliphatic carbocycles. The minimum Gasteiger partial charge on any atom is -0.425 e. The van der Waals surface area contributed by atoms with Gasteiger partial charge in [-0.2, -0.15) is 0 Å². The van der Waals surface area contributed by atoms with Crippen LogP contribution in [0.25, 0.3) is 0 Å². The van der Waals surface area contributed by atoms with Gasteiger partial charge in [-0.05, 0) is 49.2 Å². The number of Topliss-reactive ketones (excluding diaryl/α,β-unsaturated/α-hetero) is 1. The van der Waals surface area contributed by atoms with E-state index in [1.807, 2.05) is 0 Å². The maximum absolute atomic E-state index is 13.7. The number of amides is 1. The Morgan fingerprint density at radius 3 is 2.15 bits per heavy atom. The second-order valence-electron chi connectivity index (χ2n) is 6.18. The van der Waals surface area contributed by atoms with Gasteiger partial charge < -0.3 is 10.1 Å². The van der Waals surface area contributed by atoms with Gasteiger partial charge in [-0.15, -0.1) is 0 Å². The Kier molecular flexibility index (Phi) is 6.22. The van der Waals surface area contributed by atoms with Crippen LogP contribution in [0.1, 0.15) is 41.5 Å². The summed E-state index contributed by atoms with van der Waals surface area (Å²) in [6.07, 6.45) is 0. The molecule has 1 amide bonds. The number of hydrogen-bond donors (Lipinski definition) is 1. The molecule has 2 rings (SSSR count). The highest BCUT2D eigenvalue weighted by molar-refractivity contribution is 5.97. The quantitative estimate of drug-likeness (QED) is 0.489. The van der Waals surface area contributed by atoms with Crippen molar-refractivity contribution in [3.05, 3.63) is 65.5 Å². The number of ketones is 1. The molecule has 1 atom stereocenters. The third-order valence-electron chi connectivity index (χ3n) is 3.80. The molecule has 2 aromatic carbocycles. The number of halogens is 1. The first kappa shape index (κ1) is 19.3. The summed E-state index contributed by atoms with van der Waals surface area (Å²) < 4.78 is 19.0. The van der Waals surface area contributed by atoms with Gasteiger partial charge in [-0.1, -0.05) is 26.0 Å². The molecule has 0 spiro atoms. The van der Waals surface area contributed by atoms with Crippen molar-refractivity contribution in [1.82, 2.24) is 5.32 Å². The van der Waals surface area contributed by atoms with Gasteiger partial charge in [0.05, 0.1) is 5.56 Å². The van der Waals surface area contributed by atoms with Gasteiger partial charge in [0.15, 0.2) is 5.78 Å². The van der Waals surface area contributed by atoms with Gasteiger partial charge >= 0.3 is 5.97 Å². The van der Waals surface area contributed by atoms with E-state index < -0.39 is 23.7 Å². The van der Waals surface area contributed by atoms with Gasteiger partial charge in [0.1, 0.15) is 17.6 Å². The predicted molar refractivity (Wildman–Crippen MR) is 94.6 cm³/mol. The number of ether oxygens (including phenoxy) is 1. The minimum absolute atomic E-state index is 0.0971. The molecule has 6 heteroatoms. The number of carbonyl (C=O) groups excluding carboxylic acids is 3. The van der Waals surface area contributed by atoms with Crippen LogP contribution < -0.4 is 10.1 Å². The Labute approximate surface area is 151 Å². The van der Waals surface area contributed by atoms with Crippen molar-refractivity contribution in [2.75, 3.05) is 0 Å². The van der Waals surface area contributed by atoms with Gasteiger partial charge in [0, 0.05) is 5.56 Å². The zero-order valence-electron chi connectivity index (χ0n) is 14.8. The van der Waals surface area contributed by atoms with Gasteiger partial charge in [-0.3, -0.25) is 9.59 Å². The summed E-state index contributed by atoms with van der Waals surface area (Å²) in [6.45, 7) is 4.92. The number of rotatable bonds is 6. The lowest BCUT2D eigenvalue weighted by molar-refractivity contribution is -0.137. The fraction of sp³-hybridized carbons (Fsp3) is 0.250. The van der Waals surface area contributed by atoms with E-state index in [-0.39, 0.29) is 23.0 Å². The molecular weight excluding hydrogens is 337 g/mol. The van der Waals surface area contributed by atoms with Gasteiger partial charge in [-0.25, -0.2) is 9.18 Å². The lowest BCUT2D eigenvalue weighted by Crippen LogP contribution is -2.46. The molecular formula is C20H20FNO4. The maximum atomic E-state index is 13.7. The first-order valence-electron chi connectivity index (χ1n) is 8.17. The average Bonchev–Trinajstić information content (AvgIpc) is 2.59. The molecule has 0 radical (unpaired) electrons. The van der Waals surface area contributed by atoms with Crippen LogP contribution in [0.3, 0.4) is 0 Å². The molecule has 26 heavy (non-hydrogen) atoms. The SMILES string of the molecule is CC(=O)c1ccc(OC(=O)[C@@H](NC(=O)c2ccccc2F)C(C)C)cc1. The largest absolute Gasteiger partial charge is 0.425 e. The van der Waals surface area contributed by atoms with Crippen molar-refractivity contribution >= 4 is 17.7 Å². The van der Waals surface area contributed by atoms with Crippen LogP contribution >= 0.6 is 0 Å². The summed E-state index contributed by atoms with van der Waals surface area (Å²) in [6, 6.07) is 10.7. The lowest BCUT2D eigenvalue weighted by atomic mass is 10.0. The summed E-state index contributed by atoms with van der Waals surface area (Å²) >= 11 is 0. The highest BCUT2D eigenvalue weighted by atomic mass is 19.1. The number of nitrogens with one attached hydrogen (secondary N) is 1. The fourth-order valence-electron chi connectivity index (χ4n) is 2.30. The molecule has 0 bridgehead atoms. The van der Waals surface area contributed by atoms with E-state index in [1.165, 1.54) is 43.3 Å². The zero-order valence-corrected chi connectivity index (χ0v) is 14.8. The van der Waals surface area contributed by atoms with E-state index >= 15 is 0 Å². The van der Waals surface area contributed by atoms with Crippen molar-refractivity contribution in [1.29, 1.82) is 0 Å². The summed E-state index contributed by atoms with van der Waals surface area (Å²) in [7, 11) is 0. The van der Waals surface area contributed by atoms with Crippen molar-refractivity contribution in [3.63, 3.8) is 0 Å². The second-order valence-corrected chi connectivity index (χ2v) is 6.18. The summed E-state index contributed by atoms with van der Waals surface area (Å²) in [5.41, 5.74) is 0.356. The molecule has 2 aromatic rings. The van der Waals surface area contributed by atoms with Crippen LogP contribution in [-0.2, 0) is 4.79 Å². The molecule has 0 saturated carbocycles. The van der Waals surface area contributed by atoms with Crippen molar-refractivity contribution < 1.29 is 23.5 Å². The average molecular weight is 357 g/mol. The molecule has 0 aliphatic heterocycles. The topological polar surface area (TPSA) is 72.5 Å². The van der Waals surface area contributed by atoms with E-state index in [0.717, 1.165) is 0 Å². The Morgan fingerprint density at radius 2 is 1.62 bits per heavy atom. The molecule has 1 N–H and O–H groups in total. The fourth-order valence-corrected chi connectivity index (χ4v) is 2.30. The zero-order chi connectivity index (χ0) is 19.3. The maximum Gasteiger partial charge on any atom is 0.334 e. The highest BCUT2D eigenvalue weighted by Crippen LogP contribution is 2.15. The molecule has 5 nitrogen and oxygen atoms in total. The predicted octanol–water partition coefficient (Wildman–Crippen LogP) is 3.39. The third-order valence-corrected chi connectivity index (χ3v) is 3.80. The van der Waals surface area contributed by atoms with Crippen LogP contribution in [0.5, 0.6) is 5.75 Å². The third kappa shape index (κ3) is 4.75.